The number of carbonyl (C=O) groups excluding carboxylic acids is 1. The molecule has 4 rings (SSSR count). The molecule has 0 radical (unpaired) electrons. The van der Waals surface area contributed by atoms with Crippen LogP contribution in [0.2, 0.25) is 0 Å². The zero-order valence-electron chi connectivity index (χ0n) is 14.6. The molecule has 24 heavy (non-hydrogen) atoms. The summed E-state index contributed by atoms with van der Waals surface area (Å²) in [5, 5.41) is 0. The Bertz CT molecular complexity index is 615. The van der Waals surface area contributed by atoms with Crippen LogP contribution in [-0.4, -0.2) is 47.9 Å². The summed E-state index contributed by atoms with van der Waals surface area (Å²) >= 11 is 0. The lowest BCUT2D eigenvalue weighted by Gasteiger charge is -2.27. The summed E-state index contributed by atoms with van der Waals surface area (Å²) in [5.41, 5.74) is 0. The highest BCUT2D eigenvalue weighted by Gasteiger charge is 2.36. The van der Waals surface area contributed by atoms with Gasteiger partial charge in [0.15, 0.2) is 0 Å². The Balaban J connectivity index is 1.34. The molecule has 2 aliphatic heterocycles. The van der Waals surface area contributed by atoms with Gasteiger partial charge in [-0.1, -0.05) is 6.92 Å². The van der Waals surface area contributed by atoms with Crippen LogP contribution in [0.15, 0.2) is 22.6 Å². The number of carbonyl (C=O) groups is 1. The molecule has 0 aromatic carbocycles. The third-order valence-corrected chi connectivity index (χ3v) is 5.84. The van der Waals surface area contributed by atoms with Crippen molar-refractivity contribution in [1.82, 2.24) is 9.80 Å². The highest BCUT2D eigenvalue weighted by Crippen LogP contribution is 2.47. The maximum absolute atomic E-state index is 12.6. The number of hydrogen-bond donors (Lipinski definition) is 0. The van der Waals surface area contributed by atoms with E-state index in [9.17, 15) is 4.79 Å². The van der Waals surface area contributed by atoms with Crippen LogP contribution in [0.1, 0.15) is 56.5 Å². The topological polar surface area (TPSA) is 36.7 Å². The quantitative estimate of drug-likeness (QED) is 0.776. The van der Waals surface area contributed by atoms with E-state index in [1.54, 1.807) is 6.08 Å². The van der Waals surface area contributed by atoms with E-state index in [0.717, 1.165) is 43.4 Å². The van der Waals surface area contributed by atoms with Crippen molar-refractivity contribution in [3.63, 3.8) is 0 Å². The van der Waals surface area contributed by atoms with Crippen LogP contribution in [0.3, 0.4) is 0 Å². The molecule has 0 bridgehead atoms. The molecular formula is C20H28N2O2. The number of likely N-dealkylation sites (tertiary alicyclic amines) is 2. The highest BCUT2D eigenvalue weighted by atomic mass is 16.3. The van der Waals surface area contributed by atoms with Crippen LogP contribution in [0.25, 0.3) is 6.08 Å². The van der Waals surface area contributed by atoms with Gasteiger partial charge in [-0.2, -0.15) is 0 Å². The number of furan rings is 1. The predicted octanol–water partition coefficient (Wildman–Crippen LogP) is 3.50. The minimum atomic E-state index is 0.134. The molecule has 3 aliphatic rings. The van der Waals surface area contributed by atoms with Crippen LogP contribution in [-0.2, 0) is 4.79 Å². The van der Waals surface area contributed by atoms with Gasteiger partial charge < -0.3 is 14.2 Å². The molecule has 1 aromatic heterocycles. The van der Waals surface area contributed by atoms with E-state index in [0.29, 0.717) is 12.0 Å². The van der Waals surface area contributed by atoms with Gasteiger partial charge >= 0.3 is 0 Å². The maximum atomic E-state index is 12.6. The van der Waals surface area contributed by atoms with Crippen molar-refractivity contribution >= 4 is 12.0 Å². The van der Waals surface area contributed by atoms with Crippen molar-refractivity contribution in [3.05, 3.63) is 29.7 Å². The van der Waals surface area contributed by atoms with Gasteiger partial charge in [-0.15, -0.1) is 0 Å². The van der Waals surface area contributed by atoms with E-state index in [2.05, 4.69) is 22.8 Å². The van der Waals surface area contributed by atoms with Gasteiger partial charge in [-0.05, 0) is 69.3 Å². The van der Waals surface area contributed by atoms with Crippen LogP contribution in [0.4, 0.5) is 0 Å². The smallest absolute Gasteiger partial charge is 0.246 e. The van der Waals surface area contributed by atoms with Gasteiger partial charge in [0.05, 0.1) is 0 Å². The Kier molecular flexibility index (Phi) is 4.49. The Hall–Kier alpha value is -1.55. The summed E-state index contributed by atoms with van der Waals surface area (Å²) in [6.45, 7) is 6.58. The van der Waals surface area contributed by atoms with Crippen molar-refractivity contribution in [1.29, 1.82) is 0 Å². The summed E-state index contributed by atoms with van der Waals surface area (Å²) in [6.07, 6.45) is 9.64. The Labute approximate surface area is 144 Å². The number of rotatable bonds is 5. The first-order valence-electron chi connectivity index (χ1n) is 9.51. The molecule has 130 valence electrons. The van der Waals surface area contributed by atoms with E-state index >= 15 is 0 Å². The van der Waals surface area contributed by atoms with Gasteiger partial charge in [-0.25, -0.2) is 0 Å². The zero-order chi connectivity index (χ0) is 16.5. The fourth-order valence-corrected chi connectivity index (χ4v) is 4.20. The van der Waals surface area contributed by atoms with E-state index < -0.39 is 0 Å². The number of amides is 1. The van der Waals surface area contributed by atoms with Gasteiger partial charge in [0.1, 0.15) is 11.5 Å². The molecule has 1 aromatic rings. The molecule has 2 saturated heterocycles. The van der Waals surface area contributed by atoms with Gasteiger partial charge in [0.2, 0.25) is 5.91 Å². The third kappa shape index (κ3) is 3.44. The van der Waals surface area contributed by atoms with Gasteiger partial charge in [0.25, 0.3) is 0 Å². The first-order valence-corrected chi connectivity index (χ1v) is 9.51. The molecule has 1 aliphatic carbocycles. The molecule has 4 nitrogen and oxygen atoms in total. The molecule has 0 spiro atoms. The lowest BCUT2D eigenvalue weighted by Crippen LogP contribution is -2.41. The van der Waals surface area contributed by atoms with E-state index in [1.807, 2.05) is 12.1 Å². The highest BCUT2D eigenvalue weighted by molar-refractivity contribution is 5.91. The first-order chi connectivity index (χ1) is 11.7. The predicted molar refractivity (Wildman–Crippen MR) is 94.7 cm³/mol. The standard InChI is InChI=1S/C20H28N2O2/c1-15-13-18(15)19-8-6-17(24-19)7-9-20(23)22-12-4-5-16(22)14-21-10-2-3-11-21/h6-9,15-16,18H,2-5,10-14H2,1H3/b9-7+. The monoisotopic (exact) mass is 328 g/mol. The molecule has 3 heterocycles. The number of nitrogens with zero attached hydrogens (tertiary/aromatic N) is 2. The lowest BCUT2D eigenvalue weighted by atomic mass is 10.2. The van der Waals surface area contributed by atoms with Crippen molar-refractivity contribution < 1.29 is 9.21 Å². The number of hydrogen-bond acceptors (Lipinski definition) is 3. The lowest BCUT2D eigenvalue weighted by molar-refractivity contribution is -0.127. The average Bonchev–Trinajstić information content (AvgIpc) is 3.08. The molecule has 3 unspecified atom stereocenters. The van der Waals surface area contributed by atoms with Crippen LogP contribution >= 0.6 is 0 Å². The summed E-state index contributed by atoms with van der Waals surface area (Å²) in [5.74, 6) is 3.33. The second kappa shape index (κ2) is 6.75. The second-order valence-electron chi connectivity index (χ2n) is 7.73. The molecule has 1 amide bonds. The third-order valence-electron chi connectivity index (χ3n) is 5.84. The average molecular weight is 328 g/mol. The summed E-state index contributed by atoms with van der Waals surface area (Å²) in [6, 6.07) is 4.43. The van der Waals surface area contributed by atoms with E-state index in [1.165, 1.54) is 32.4 Å². The van der Waals surface area contributed by atoms with E-state index in [4.69, 9.17) is 4.42 Å². The Morgan fingerprint density at radius 2 is 2.04 bits per heavy atom. The second-order valence-corrected chi connectivity index (χ2v) is 7.73. The largest absolute Gasteiger partial charge is 0.461 e. The molecule has 0 N–H and O–H groups in total. The Morgan fingerprint density at radius 1 is 1.25 bits per heavy atom. The maximum Gasteiger partial charge on any atom is 0.246 e. The minimum Gasteiger partial charge on any atom is -0.461 e. The summed E-state index contributed by atoms with van der Waals surface area (Å²) in [4.78, 5) is 17.2. The van der Waals surface area contributed by atoms with Crippen LogP contribution in [0, 0.1) is 5.92 Å². The minimum absolute atomic E-state index is 0.134. The fraction of sp³-hybridized carbons (Fsp3) is 0.650. The Morgan fingerprint density at radius 3 is 2.79 bits per heavy atom. The zero-order valence-corrected chi connectivity index (χ0v) is 14.6. The van der Waals surface area contributed by atoms with Gasteiger partial charge in [-0.3, -0.25) is 4.79 Å². The fourth-order valence-electron chi connectivity index (χ4n) is 4.20. The van der Waals surface area contributed by atoms with E-state index in [-0.39, 0.29) is 5.91 Å². The molecule has 4 heteroatoms. The van der Waals surface area contributed by atoms with Crippen molar-refractivity contribution in [2.75, 3.05) is 26.2 Å². The SMILES string of the molecule is CC1CC1c1ccc(/C=C/C(=O)N2CCCC2CN2CCCC2)o1. The summed E-state index contributed by atoms with van der Waals surface area (Å²) < 4.78 is 5.86. The summed E-state index contributed by atoms with van der Waals surface area (Å²) in [7, 11) is 0. The normalized spacial score (nSPS) is 30.5. The molecule has 3 fully saturated rings. The van der Waals surface area contributed by atoms with Crippen molar-refractivity contribution in [2.24, 2.45) is 5.92 Å². The van der Waals surface area contributed by atoms with Crippen molar-refractivity contribution in [2.45, 2.75) is 51.0 Å². The first kappa shape index (κ1) is 15.9. The van der Waals surface area contributed by atoms with Crippen LogP contribution in [0.5, 0.6) is 0 Å². The molecule has 3 atom stereocenters. The van der Waals surface area contributed by atoms with Gasteiger partial charge in [0, 0.05) is 31.1 Å². The molecule has 1 saturated carbocycles. The van der Waals surface area contributed by atoms with Crippen LogP contribution < -0.4 is 0 Å². The van der Waals surface area contributed by atoms with Crippen molar-refractivity contribution in [3.8, 4) is 0 Å². The molecular weight excluding hydrogens is 300 g/mol.